The minimum atomic E-state index is -4.40. The van der Waals surface area contributed by atoms with Gasteiger partial charge >= 0.3 is 6.18 Å². The maximum atomic E-state index is 12.6. The lowest BCUT2D eigenvalue weighted by molar-refractivity contribution is -0.137. The number of rotatable bonds is 4. The number of hydrogen-bond acceptors (Lipinski definition) is 3. The van der Waals surface area contributed by atoms with Gasteiger partial charge in [-0.2, -0.15) is 18.3 Å². The van der Waals surface area contributed by atoms with Gasteiger partial charge in [0, 0.05) is 13.5 Å². The molecule has 106 valence electrons. The van der Waals surface area contributed by atoms with E-state index in [4.69, 9.17) is 0 Å². The SMILES string of the molecule is Cn1ncnc1CC(=O)Cc1cccc(C(F)(F)F)c1. The number of carbonyl (C=O) groups is 1. The number of aryl methyl sites for hydroxylation is 1. The monoisotopic (exact) mass is 283 g/mol. The topological polar surface area (TPSA) is 47.8 Å². The molecule has 0 amide bonds. The predicted octanol–water partition coefficient (Wildman–Crippen LogP) is 2.19. The Labute approximate surface area is 113 Å². The smallest absolute Gasteiger partial charge is 0.299 e. The number of Topliss-reactive ketones (excluding diaryl/α,β-unsaturated/α-hetero) is 1. The number of ketones is 1. The van der Waals surface area contributed by atoms with Gasteiger partial charge in [0.15, 0.2) is 0 Å². The Balaban J connectivity index is 2.07. The van der Waals surface area contributed by atoms with Crippen molar-refractivity contribution >= 4 is 5.78 Å². The first kappa shape index (κ1) is 14.2. The van der Waals surface area contributed by atoms with Gasteiger partial charge < -0.3 is 0 Å². The fourth-order valence-electron chi connectivity index (χ4n) is 1.80. The van der Waals surface area contributed by atoms with Crippen molar-refractivity contribution in [2.45, 2.75) is 19.0 Å². The van der Waals surface area contributed by atoms with Crippen LogP contribution in [0.2, 0.25) is 0 Å². The fourth-order valence-corrected chi connectivity index (χ4v) is 1.80. The van der Waals surface area contributed by atoms with Crippen LogP contribution in [-0.2, 0) is 30.9 Å². The zero-order valence-electron chi connectivity index (χ0n) is 10.7. The van der Waals surface area contributed by atoms with E-state index in [9.17, 15) is 18.0 Å². The molecule has 0 aliphatic heterocycles. The van der Waals surface area contributed by atoms with Gasteiger partial charge in [0.05, 0.1) is 12.0 Å². The van der Waals surface area contributed by atoms with Gasteiger partial charge in [0.2, 0.25) is 0 Å². The number of hydrogen-bond donors (Lipinski definition) is 0. The third-order valence-electron chi connectivity index (χ3n) is 2.82. The van der Waals surface area contributed by atoms with Gasteiger partial charge in [0.25, 0.3) is 0 Å². The highest BCUT2D eigenvalue weighted by molar-refractivity contribution is 5.82. The number of benzene rings is 1. The molecule has 20 heavy (non-hydrogen) atoms. The molecule has 0 bridgehead atoms. The molecule has 2 aromatic rings. The van der Waals surface area contributed by atoms with E-state index in [1.807, 2.05) is 0 Å². The molecule has 0 radical (unpaired) electrons. The Morgan fingerprint density at radius 3 is 2.65 bits per heavy atom. The Hall–Kier alpha value is -2.18. The van der Waals surface area contributed by atoms with Crippen molar-refractivity contribution in [2.24, 2.45) is 7.05 Å². The van der Waals surface area contributed by atoms with Crippen LogP contribution in [0.4, 0.5) is 13.2 Å². The molecule has 0 N–H and O–H groups in total. The zero-order valence-corrected chi connectivity index (χ0v) is 10.7. The molecule has 0 spiro atoms. The Morgan fingerprint density at radius 1 is 1.30 bits per heavy atom. The number of nitrogens with zero attached hydrogens (tertiary/aromatic N) is 3. The highest BCUT2D eigenvalue weighted by atomic mass is 19.4. The van der Waals surface area contributed by atoms with Gasteiger partial charge in [-0.1, -0.05) is 18.2 Å². The number of halogens is 3. The van der Waals surface area contributed by atoms with Crippen LogP contribution in [-0.4, -0.2) is 20.5 Å². The summed E-state index contributed by atoms with van der Waals surface area (Å²) in [4.78, 5) is 15.7. The molecule has 0 saturated heterocycles. The molecule has 1 heterocycles. The Morgan fingerprint density at radius 2 is 2.05 bits per heavy atom. The first-order valence-corrected chi connectivity index (χ1v) is 5.87. The summed E-state index contributed by atoms with van der Waals surface area (Å²) in [5, 5.41) is 3.83. The van der Waals surface area contributed by atoms with Crippen LogP contribution in [0.1, 0.15) is 17.0 Å². The Bertz CT molecular complexity index is 619. The summed E-state index contributed by atoms with van der Waals surface area (Å²) in [6, 6.07) is 4.78. The minimum absolute atomic E-state index is 0.0484. The van der Waals surface area contributed by atoms with E-state index in [1.165, 1.54) is 23.1 Å². The van der Waals surface area contributed by atoms with E-state index in [0.29, 0.717) is 11.4 Å². The second kappa shape index (κ2) is 5.44. The van der Waals surface area contributed by atoms with E-state index in [1.54, 1.807) is 7.05 Å². The zero-order chi connectivity index (χ0) is 14.8. The summed E-state index contributed by atoms with van der Waals surface area (Å²) in [5.74, 6) is 0.280. The summed E-state index contributed by atoms with van der Waals surface area (Å²) in [6.45, 7) is 0. The van der Waals surface area contributed by atoms with Crippen LogP contribution in [0.5, 0.6) is 0 Å². The number of alkyl halides is 3. The quantitative estimate of drug-likeness (QED) is 0.864. The molecular formula is C13H12F3N3O. The largest absolute Gasteiger partial charge is 0.416 e. The van der Waals surface area contributed by atoms with Crippen LogP contribution >= 0.6 is 0 Å². The van der Waals surface area contributed by atoms with E-state index >= 15 is 0 Å². The molecule has 0 aliphatic carbocycles. The van der Waals surface area contributed by atoms with Crippen molar-refractivity contribution in [1.29, 1.82) is 0 Å². The minimum Gasteiger partial charge on any atom is -0.299 e. The van der Waals surface area contributed by atoms with Gasteiger partial charge in [-0.15, -0.1) is 0 Å². The van der Waals surface area contributed by atoms with Crippen molar-refractivity contribution in [3.05, 3.63) is 47.5 Å². The highest BCUT2D eigenvalue weighted by Gasteiger charge is 2.30. The molecule has 1 aromatic carbocycles. The predicted molar refractivity (Wildman–Crippen MR) is 64.9 cm³/mol. The first-order valence-electron chi connectivity index (χ1n) is 5.87. The molecule has 1 aromatic heterocycles. The average Bonchev–Trinajstić information content (AvgIpc) is 2.74. The summed E-state index contributed by atoms with van der Waals surface area (Å²) in [5.41, 5.74) is -0.409. The third-order valence-corrected chi connectivity index (χ3v) is 2.82. The number of carbonyl (C=O) groups excluding carboxylic acids is 1. The molecule has 0 fully saturated rings. The maximum absolute atomic E-state index is 12.6. The van der Waals surface area contributed by atoms with Crippen molar-refractivity contribution in [3.8, 4) is 0 Å². The Kier molecular flexibility index (Phi) is 3.87. The fraction of sp³-hybridized carbons (Fsp3) is 0.308. The van der Waals surface area contributed by atoms with Gasteiger partial charge in [-0.05, 0) is 11.6 Å². The number of aromatic nitrogens is 3. The van der Waals surface area contributed by atoms with Crippen molar-refractivity contribution in [1.82, 2.24) is 14.8 Å². The molecule has 7 heteroatoms. The summed E-state index contributed by atoms with van der Waals surface area (Å²) < 4.78 is 39.1. The summed E-state index contributed by atoms with van der Waals surface area (Å²) in [7, 11) is 1.65. The van der Waals surface area contributed by atoms with E-state index in [2.05, 4.69) is 10.1 Å². The molecule has 0 aliphatic rings. The van der Waals surface area contributed by atoms with Crippen molar-refractivity contribution in [2.75, 3.05) is 0 Å². The normalized spacial score (nSPS) is 11.6. The summed E-state index contributed by atoms with van der Waals surface area (Å²) >= 11 is 0. The lowest BCUT2D eigenvalue weighted by Gasteiger charge is -2.08. The first-order chi connectivity index (χ1) is 9.36. The lowest BCUT2D eigenvalue weighted by atomic mass is 10.0. The van der Waals surface area contributed by atoms with Crippen LogP contribution in [0.3, 0.4) is 0 Å². The van der Waals surface area contributed by atoms with Gasteiger partial charge in [-0.25, -0.2) is 4.98 Å². The molecule has 0 saturated carbocycles. The van der Waals surface area contributed by atoms with Crippen LogP contribution in [0.15, 0.2) is 30.6 Å². The molecule has 2 rings (SSSR count). The van der Waals surface area contributed by atoms with Gasteiger partial charge in [-0.3, -0.25) is 9.48 Å². The molecule has 0 unspecified atom stereocenters. The third kappa shape index (κ3) is 3.43. The van der Waals surface area contributed by atoms with E-state index in [0.717, 1.165) is 12.1 Å². The molecule has 4 nitrogen and oxygen atoms in total. The summed E-state index contributed by atoms with van der Waals surface area (Å²) in [6.07, 6.45) is -3.08. The van der Waals surface area contributed by atoms with E-state index < -0.39 is 11.7 Å². The molecule has 0 atom stereocenters. The second-order valence-electron chi connectivity index (χ2n) is 4.39. The maximum Gasteiger partial charge on any atom is 0.416 e. The lowest BCUT2D eigenvalue weighted by Crippen LogP contribution is -2.12. The van der Waals surface area contributed by atoms with Gasteiger partial charge in [0.1, 0.15) is 17.9 Å². The van der Waals surface area contributed by atoms with Crippen molar-refractivity contribution in [3.63, 3.8) is 0 Å². The second-order valence-corrected chi connectivity index (χ2v) is 4.39. The molecular weight excluding hydrogens is 271 g/mol. The average molecular weight is 283 g/mol. The van der Waals surface area contributed by atoms with Crippen molar-refractivity contribution < 1.29 is 18.0 Å². The standard InChI is InChI=1S/C13H12F3N3O/c1-19-12(17-8-18-19)7-11(20)6-9-3-2-4-10(5-9)13(14,15)16/h2-5,8H,6-7H2,1H3. The highest BCUT2D eigenvalue weighted by Crippen LogP contribution is 2.29. The van der Waals surface area contributed by atoms with Crippen LogP contribution in [0.25, 0.3) is 0 Å². The van der Waals surface area contributed by atoms with Crippen LogP contribution in [0, 0.1) is 0 Å². The van der Waals surface area contributed by atoms with E-state index in [-0.39, 0.29) is 18.6 Å². The van der Waals surface area contributed by atoms with Crippen LogP contribution < -0.4 is 0 Å².